The van der Waals surface area contributed by atoms with Crippen LogP contribution in [0, 0.1) is 5.82 Å². The fourth-order valence-electron chi connectivity index (χ4n) is 1.72. The predicted octanol–water partition coefficient (Wildman–Crippen LogP) is 2.34. The third-order valence-electron chi connectivity index (χ3n) is 2.93. The predicted molar refractivity (Wildman–Crippen MR) is 69.8 cm³/mol. The van der Waals surface area contributed by atoms with Crippen molar-refractivity contribution in [2.45, 2.75) is 25.1 Å². The third kappa shape index (κ3) is 4.85. The van der Waals surface area contributed by atoms with Crippen molar-refractivity contribution in [3.63, 3.8) is 0 Å². The molecule has 0 unspecified atom stereocenters. The number of hydrogen-bond donors (Lipinski definition) is 2. The van der Waals surface area contributed by atoms with E-state index < -0.39 is 27.6 Å². The van der Waals surface area contributed by atoms with Gasteiger partial charge in [-0.1, -0.05) is 0 Å². The van der Waals surface area contributed by atoms with E-state index in [4.69, 9.17) is 0 Å². The lowest BCUT2D eigenvalue weighted by Gasteiger charge is -2.12. The first-order valence-electron chi connectivity index (χ1n) is 6.28. The molecule has 9 heteroatoms. The average molecular weight is 326 g/mol. The Morgan fingerprint density at radius 2 is 1.90 bits per heavy atom. The molecule has 0 aliphatic heterocycles. The molecule has 1 aliphatic rings. The number of sulfonamides is 1. The summed E-state index contributed by atoms with van der Waals surface area (Å²) in [6.45, 7) is 0.216. The Bertz CT molecular complexity index is 612. The van der Waals surface area contributed by atoms with Gasteiger partial charge in [0.25, 0.3) is 0 Å². The number of benzene rings is 1. The lowest BCUT2D eigenvalue weighted by molar-refractivity contribution is -0.139. The van der Waals surface area contributed by atoms with Crippen LogP contribution in [-0.2, 0) is 16.2 Å². The molecule has 0 heterocycles. The van der Waals surface area contributed by atoms with Gasteiger partial charge in [0, 0.05) is 18.3 Å². The Hall–Kier alpha value is -1.35. The van der Waals surface area contributed by atoms with E-state index in [1.54, 1.807) is 0 Å². The highest BCUT2D eigenvalue weighted by atomic mass is 32.2. The van der Waals surface area contributed by atoms with Crippen LogP contribution in [0.2, 0.25) is 0 Å². The van der Waals surface area contributed by atoms with Crippen molar-refractivity contribution in [1.29, 1.82) is 0 Å². The first-order valence-corrected chi connectivity index (χ1v) is 7.93. The van der Waals surface area contributed by atoms with Gasteiger partial charge in [0.1, 0.15) is 5.82 Å². The Morgan fingerprint density at radius 1 is 1.24 bits per heavy atom. The van der Waals surface area contributed by atoms with Gasteiger partial charge in [-0.2, -0.15) is 13.2 Å². The maximum Gasteiger partial charge on any atom is 0.419 e. The summed E-state index contributed by atoms with van der Waals surface area (Å²) in [7, 11) is -3.78. The second kappa shape index (κ2) is 5.80. The average Bonchev–Trinajstić information content (AvgIpc) is 3.13. The van der Waals surface area contributed by atoms with Crippen molar-refractivity contribution in [2.24, 2.45) is 0 Å². The normalized spacial score (nSPS) is 16.0. The quantitative estimate of drug-likeness (QED) is 0.789. The number of rotatable bonds is 6. The molecular formula is C12H14F4N2O2S. The molecule has 0 atom stereocenters. The lowest BCUT2D eigenvalue weighted by Crippen LogP contribution is -2.28. The van der Waals surface area contributed by atoms with Gasteiger partial charge in [-0.25, -0.2) is 12.8 Å². The second-order valence-corrected chi connectivity index (χ2v) is 6.68. The van der Waals surface area contributed by atoms with E-state index in [1.807, 2.05) is 4.72 Å². The topological polar surface area (TPSA) is 58.2 Å². The van der Waals surface area contributed by atoms with E-state index in [1.165, 1.54) is 0 Å². The Kier molecular flexibility index (Phi) is 4.43. The Labute approximate surface area is 119 Å². The van der Waals surface area contributed by atoms with Gasteiger partial charge >= 0.3 is 6.18 Å². The van der Waals surface area contributed by atoms with Gasteiger partial charge in [-0.05, 0) is 31.0 Å². The van der Waals surface area contributed by atoms with Crippen LogP contribution in [0.4, 0.5) is 23.2 Å². The number of alkyl halides is 3. The van der Waals surface area contributed by atoms with Gasteiger partial charge in [-0.15, -0.1) is 0 Å². The molecular weight excluding hydrogens is 312 g/mol. The van der Waals surface area contributed by atoms with Crippen LogP contribution in [-0.4, -0.2) is 26.8 Å². The Balaban J connectivity index is 2.04. The van der Waals surface area contributed by atoms with Gasteiger partial charge in [0.05, 0.1) is 11.3 Å². The van der Waals surface area contributed by atoms with Crippen molar-refractivity contribution < 1.29 is 26.0 Å². The van der Waals surface area contributed by atoms with Gasteiger partial charge in [0.15, 0.2) is 0 Å². The summed E-state index contributed by atoms with van der Waals surface area (Å²) in [4.78, 5) is 0. The van der Waals surface area contributed by atoms with Crippen molar-refractivity contribution >= 4 is 15.7 Å². The minimum atomic E-state index is -4.88. The molecule has 0 aromatic heterocycles. The molecule has 0 bridgehead atoms. The first kappa shape index (κ1) is 16.0. The molecule has 1 saturated carbocycles. The van der Waals surface area contributed by atoms with E-state index in [9.17, 15) is 26.0 Å². The molecule has 0 radical (unpaired) electrons. The van der Waals surface area contributed by atoms with Crippen LogP contribution in [0.1, 0.15) is 18.4 Å². The standard InChI is InChI=1S/C12H14F4N2O2S/c13-11-4-3-9(7-10(11)12(14,15)16)18-21(19,20)6-5-17-8-1-2-8/h3-4,7-8,17-18H,1-2,5-6H2. The molecule has 4 nitrogen and oxygen atoms in total. The van der Waals surface area contributed by atoms with Gasteiger partial charge < -0.3 is 5.32 Å². The molecule has 1 fully saturated rings. The first-order chi connectivity index (χ1) is 9.67. The van der Waals surface area contributed by atoms with E-state index in [0.717, 1.165) is 18.9 Å². The van der Waals surface area contributed by atoms with Crippen LogP contribution < -0.4 is 10.0 Å². The third-order valence-corrected chi connectivity index (χ3v) is 4.21. The van der Waals surface area contributed by atoms with Crippen molar-refractivity contribution in [1.82, 2.24) is 5.32 Å². The molecule has 2 N–H and O–H groups in total. The maximum atomic E-state index is 13.1. The molecule has 0 amide bonds. The largest absolute Gasteiger partial charge is 0.419 e. The minimum absolute atomic E-state index is 0.216. The van der Waals surface area contributed by atoms with Crippen LogP contribution in [0.15, 0.2) is 18.2 Å². The summed E-state index contributed by atoms with van der Waals surface area (Å²) in [6, 6.07) is 2.32. The number of hydrogen-bond acceptors (Lipinski definition) is 3. The maximum absolute atomic E-state index is 13.1. The highest BCUT2D eigenvalue weighted by Crippen LogP contribution is 2.33. The SMILES string of the molecule is O=S(=O)(CCNC1CC1)Nc1ccc(F)c(C(F)(F)F)c1. The van der Waals surface area contributed by atoms with E-state index >= 15 is 0 Å². The van der Waals surface area contributed by atoms with Crippen LogP contribution in [0.3, 0.4) is 0 Å². The smallest absolute Gasteiger partial charge is 0.313 e. The van der Waals surface area contributed by atoms with Crippen molar-refractivity contribution in [3.05, 3.63) is 29.6 Å². The fourth-order valence-corrected chi connectivity index (χ4v) is 2.70. The molecule has 0 spiro atoms. The zero-order valence-electron chi connectivity index (χ0n) is 10.9. The van der Waals surface area contributed by atoms with Crippen molar-refractivity contribution in [3.8, 4) is 0 Å². The molecule has 1 aromatic carbocycles. The summed E-state index contributed by atoms with van der Waals surface area (Å²) in [5, 5.41) is 2.98. The molecule has 0 saturated heterocycles. The van der Waals surface area contributed by atoms with Gasteiger partial charge in [0.2, 0.25) is 10.0 Å². The molecule has 1 aliphatic carbocycles. The van der Waals surface area contributed by atoms with Gasteiger partial charge in [-0.3, -0.25) is 4.72 Å². The van der Waals surface area contributed by atoms with E-state index in [2.05, 4.69) is 5.32 Å². The van der Waals surface area contributed by atoms with Crippen LogP contribution >= 0.6 is 0 Å². The summed E-state index contributed by atoms with van der Waals surface area (Å²) in [5.74, 6) is -1.71. The molecule has 2 rings (SSSR count). The lowest BCUT2D eigenvalue weighted by atomic mass is 10.2. The highest BCUT2D eigenvalue weighted by Gasteiger charge is 2.34. The molecule has 21 heavy (non-hydrogen) atoms. The van der Waals surface area contributed by atoms with E-state index in [0.29, 0.717) is 18.2 Å². The highest BCUT2D eigenvalue weighted by molar-refractivity contribution is 7.92. The summed E-state index contributed by atoms with van der Waals surface area (Å²) >= 11 is 0. The fraction of sp³-hybridized carbons (Fsp3) is 0.500. The minimum Gasteiger partial charge on any atom is -0.313 e. The van der Waals surface area contributed by atoms with Crippen LogP contribution in [0.5, 0.6) is 0 Å². The summed E-state index contributed by atoms with van der Waals surface area (Å²) in [6.07, 6.45) is -2.88. The Morgan fingerprint density at radius 3 is 2.48 bits per heavy atom. The number of halogens is 4. The molecule has 1 aromatic rings. The van der Waals surface area contributed by atoms with E-state index in [-0.39, 0.29) is 18.0 Å². The zero-order valence-corrected chi connectivity index (χ0v) is 11.7. The number of nitrogens with one attached hydrogen (secondary N) is 2. The monoisotopic (exact) mass is 326 g/mol. The number of anilines is 1. The van der Waals surface area contributed by atoms with Crippen LogP contribution in [0.25, 0.3) is 0 Å². The second-order valence-electron chi connectivity index (χ2n) is 4.84. The summed E-state index contributed by atoms with van der Waals surface area (Å²) in [5.41, 5.74) is -1.81. The molecule has 118 valence electrons. The zero-order chi connectivity index (χ0) is 15.7. The van der Waals surface area contributed by atoms with Crippen molar-refractivity contribution in [2.75, 3.05) is 17.0 Å². The summed E-state index contributed by atoms with van der Waals surface area (Å²) < 4.78 is 76.1.